The number of hydrogen-bond donors (Lipinski definition) is 1. The Morgan fingerprint density at radius 1 is 1.26 bits per heavy atom. The molecule has 0 unspecified atom stereocenters. The number of thioether (sulfide) groups is 1. The largest absolute Gasteiger partial charge is 0.272 e. The fraction of sp³-hybridized carbons (Fsp3) is 0.176. The van der Waals surface area contributed by atoms with Gasteiger partial charge in [-0.2, -0.15) is 5.10 Å². The second-order valence-corrected chi connectivity index (χ2v) is 6.28. The lowest BCUT2D eigenvalue weighted by atomic mass is 10.1. The second-order valence-electron chi connectivity index (χ2n) is 4.86. The summed E-state index contributed by atoms with van der Waals surface area (Å²) in [6, 6.07) is 13.5. The Bertz CT molecular complexity index is 704. The highest BCUT2D eigenvalue weighted by Gasteiger charge is 2.03. The summed E-state index contributed by atoms with van der Waals surface area (Å²) < 4.78 is 12.8. The summed E-state index contributed by atoms with van der Waals surface area (Å²) >= 11 is 7.39. The first-order valence-electron chi connectivity index (χ1n) is 6.96. The highest BCUT2D eigenvalue weighted by Crippen LogP contribution is 2.16. The molecule has 1 N–H and O–H groups in total. The molecule has 0 fully saturated rings. The third-order valence-electron chi connectivity index (χ3n) is 3.00. The summed E-state index contributed by atoms with van der Waals surface area (Å²) in [4.78, 5) is 11.8. The molecule has 0 radical (unpaired) electrons. The van der Waals surface area contributed by atoms with E-state index in [0.717, 1.165) is 11.1 Å². The first-order chi connectivity index (χ1) is 11.0. The molecule has 6 heteroatoms. The molecule has 1 amide bonds. The molecular weight excluding hydrogens is 335 g/mol. The molecule has 23 heavy (non-hydrogen) atoms. The topological polar surface area (TPSA) is 41.5 Å². The van der Waals surface area contributed by atoms with E-state index in [-0.39, 0.29) is 11.7 Å². The molecule has 0 aromatic heterocycles. The van der Waals surface area contributed by atoms with Crippen molar-refractivity contribution in [1.82, 2.24) is 5.43 Å². The summed E-state index contributed by atoms with van der Waals surface area (Å²) in [5, 5.41) is 4.71. The number of hydrazone groups is 1. The van der Waals surface area contributed by atoms with Gasteiger partial charge in [0.1, 0.15) is 5.82 Å². The Hall–Kier alpha value is -1.85. The normalized spacial score (nSPS) is 11.3. The van der Waals surface area contributed by atoms with E-state index in [0.29, 0.717) is 22.2 Å². The summed E-state index contributed by atoms with van der Waals surface area (Å²) in [6.07, 6.45) is 0. The number of nitrogens with one attached hydrogen (secondary N) is 1. The molecule has 120 valence electrons. The second kappa shape index (κ2) is 8.70. The summed E-state index contributed by atoms with van der Waals surface area (Å²) in [5.41, 5.74) is 4.96. The fourth-order valence-corrected chi connectivity index (χ4v) is 2.80. The van der Waals surface area contributed by atoms with Gasteiger partial charge in [-0.15, -0.1) is 11.8 Å². The van der Waals surface area contributed by atoms with Crippen molar-refractivity contribution in [3.05, 3.63) is 70.5 Å². The van der Waals surface area contributed by atoms with Gasteiger partial charge >= 0.3 is 0 Å². The Balaban J connectivity index is 1.78. The zero-order valence-corrected chi connectivity index (χ0v) is 14.1. The molecule has 3 nitrogen and oxygen atoms in total. The number of halogens is 2. The lowest BCUT2D eigenvalue weighted by Gasteiger charge is -2.04. The maximum absolute atomic E-state index is 12.8. The van der Waals surface area contributed by atoms with Gasteiger partial charge in [-0.25, -0.2) is 9.82 Å². The van der Waals surface area contributed by atoms with Crippen molar-refractivity contribution in [2.24, 2.45) is 5.10 Å². The van der Waals surface area contributed by atoms with Crippen LogP contribution >= 0.6 is 23.4 Å². The zero-order valence-electron chi connectivity index (χ0n) is 12.6. The van der Waals surface area contributed by atoms with E-state index in [2.05, 4.69) is 10.5 Å². The van der Waals surface area contributed by atoms with E-state index in [1.807, 2.05) is 24.3 Å². The highest BCUT2D eigenvalue weighted by molar-refractivity contribution is 7.99. The molecule has 0 heterocycles. The summed E-state index contributed by atoms with van der Waals surface area (Å²) in [5.74, 6) is 0.517. The standard InChI is InChI=1S/C17H16ClFN2OS/c1-12(14-5-7-16(19)8-6-14)20-21-17(22)11-23-10-13-3-2-4-15(18)9-13/h2-9H,10-11H2,1H3,(H,21,22)/b20-12+. The maximum atomic E-state index is 12.8. The number of nitrogens with zero attached hydrogens (tertiary/aromatic N) is 1. The van der Waals surface area contributed by atoms with E-state index >= 15 is 0 Å². The van der Waals surface area contributed by atoms with Gasteiger partial charge in [0.15, 0.2) is 0 Å². The van der Waals surface area contributed by atoms with Gasteiger partial charge in [0.05, 0.1) is 11.5 Å². The first-order valence-corrected chi connectivity index (χ1v) is 8.49. The van der Waals surface area contributed by atoms with Crippen LogP contribution in [0.2, 0.25) is 5.02 Å². The molecule has 0 aliphatic carbocycles. The van der Waals surface area contributed by atoms with Crippen LogP contribution in [-0.2, 0) is 10.5 Å². The molecule has 0 aliphatic rings. The average molecular weight is 351 g/mol. The molecule has 0 spiro atoms. The van der Waals surface area contributed by atoms with Crippen LogP contribution in [0.3, 0.4) is 0 Å². The van der Waals surface area contributed by atoms with Gasteiger partial charge in [-0.1, -0.05) is 35.9 Å². The number of hydrogen-bond acceptors (Lipinski definition) is 3. The van der Waals surface area contributed by atoms with Crippen LogP contribution in [0.4, 0.5) is 4.39 Å². The van der Waals surface area contributed by atoms with Crippen LogP contribution in [0.15, 0.2) is 53.6 Å². The molecule has 2 aromatic carbocycles. The van der Waals surface area contributed by atoms with Crippen molar-refractivity contribution in [2.45, 2.75) is 12.7 Å². The van der Waals surface area contributed by atoms with Crippen molar-refractivity contribution < 1.29 is 9.18 Å². The number of carbonyl (C=O) groups excluding carboxylic acids is 1. The van der Waals surface area contributed by atoms with E-state index < -0.39 is 0 Å². The summed E-state index contributed by atoms with van der Waals surface area (Å²) in [7, 11) is 0. The van der Waals surface area contributed by atoms with Crippen molar-refractivity contribution in [1.29, 1.82) is 0 Å². The predicted molar refractivity (Wildman–Crippen MR) is 94.4 cm³/mol. The lowest BCUT2D eigenvalue weighted by molar-refractivity contribution is -0.118. The van der Waals surface area contributed by atoms with Gasteiger partial charge in [0.25, 0.3) is 0 Å². The van der Waals surface area contributed by atoms with E-state index in [1.54, 1.807) is 19.1 Å². The van der Waals surface area contributed by atoms with Crippen molar-refractivity contribution >= 4 is 35.0 Å². The van der Waals surface area contributed by atoms with Crippen LogP contribution in [0.25, 0.3) is 0 Å². The minimum atomic E-state index is -0.303. The fourth-order valence-electron chi connectivity index (χ4n) is 1.82. The number of carbonyl (C=O) groups is 1. The highest BCUT2D eigenvalue weighted by atomic mass is 35.5. The minimum absolute atomic E-state index is 0.182. The van der Waals surface area contributed by atoms with E-state index in [9.17, 15) is 9.18 Å². The molecular formula is C17H16ClFN2OS. The molecule has 2 aromatic rings. The Labute approximate surface area is 143 Å². The third-order valence-corrected chi connectivity index (χ3v) is 4.24. The average Bonchev–Trinajstić information content (AvgIpc) is 2.53. The predicted octanol–water partition coefficient (Wildman–Crippen LogP) is 4.25. The lowest BCUT2D eigenvalue weighted by Crippen LogP contribution is -2.21. The summed E-state index contributed by atoms with van der Waals surface area (Å²) in [6.45, 7) is 1.76. The molecule has 0 saturated heterocycles. The third kappa shape index (κ3) is 6.04. The Morgan fingerprint density at radius 2 is 2.00 bits per heavy atom. The van der Waals surface area contributed by atoms with E-state index in [1.165, 1.54) is 23.9 Å². The Morgan fingerprint density at radius 3 is 2.70 bits per heavy atom. The van der Waals surface area contributed by atoms with Crippen molar-refractivity contribution in [3.63, 3.8) is 0 Å². The van der Waals surface area contributed by atoms with Gasteiger partial charge in [-0.05, 0) is 42.3 Å². The monoisotopic (exact) mass is 350 g/mol. The van der Waals surface area contributed by atoms with Crippen molar-refractivity contribution in [2.75, 3.05) is 5.75 Å². The SMILES string of the molecule is C/C(=N\NC(=O)CSCc1cccc(Cl)c1)c1ccc(F)cc1. The van der Waals surface area contributed by atoms with Crippen molar-refractivity contribution in [3.8, 4) is 0 Å². The van der Waals surface area contributed by atoms with Gasteiger partial charge < -0.3 is 0 Å². The Kier molecular flexibility index (Phi) is 6.62. The zero-order chi connectivity index (χ0) is 16.7. The van der Waals surface area contributed by atoms with Crippen LogP contribution in [0.5, 0.6) is 0 Å². The molecule has 0 bridgehead atoms. The van der Waals surface area contributed by atoms with Crippen LogP contribution < -0.4 is 5.43 Å². The van der Waals surface area contributed by atoms with Gasteiger partial charge in [0, 0.05) is 10.8 Å². The number of rotatable bonds is 6. The van der Waals surface area contributed by atoms with E-state index in [4.69, 9.17) is 11.6 Å². The molecule has 0 saturated carbocycles. The molecule has 0 aliphatic heterocycles. The van der Waals surface area contributed by atoms with Gasteiger partial charge in [0.2, 0.25) is 5.91 Å². The number of amides is 1. The molecule has 2 rings (SSSR count). The molecule has 0 atom stereocenters. The van der Waals surface area contributed by atoms with Crippen LogP contribution in [-0.4, -0.2) is 17.4 Å². The smallest absolute Gasteiger partial charge is 0.250 e. The maximum Gasteiger partial charge on any atom is 0.250 e. The number of benzene rings is 2. The first kappa shape index (κ1) is 17.5. The quantitative estimate of drug-likeness (QED) is 0.625. The van der Waals surface area contributed by atoms with Crippen LogP contribution in [0.1, 0.15) is 18.1 Å². The van der Waals surface area contributed by atoms with Crippen LogP contribution in [0, 0.1) is 5.82 Å². The minimum Gasteiger partial charge on any atom is -0.272 e. The van der Waals surface area contributed by atoms with Gasteiger partial charge in [-0.3, -0.25) is 4.79 Å².